The fraction of sp³-hybridized carbons (Fsp3) is 1.00. The van der Waals surface area contributed by atoms with Gasteiger partial charge in [0.05, 0.1) is 11.7 Å². The van der Waals surface area contributed by atoms with Crippen molar-refractivity contribution in [2.45, 2.75) is 124 Å². The second kappa shape index (κ2) is 6.67. The molecule has 204 valence electrons. The van der Waals surface area contributed by atoms with Crippen molar-refractivity contribution in [2.75, 3.05) is 13.1 Å². The fourth-order valence-electron chi connectivity index (χ4n) is 11.3. The zero-order valence-corrected chi connectivity index (χ0v) is 21.6. The van der Waals surface area contributed by atoms with Gasteiger partial charge in [0.1, 0.15) is 28.5 Å². The first-order chi connectivity index (χ1) is 16.6. The van der Waals surface area contributed by atoms with Crippen molar-refractivity contribution in [1.29, 1.82) is 0 Å². The summed E-state index contributed by atoms with van der Waals surface area (Å²) in [6.07, 6.45) is 0.752. The molecule has 4 aliphatic carbocycles. The van der Waals surface area contributed by atoms with Crippen LogP contribution in [0.3, 0.4) is 0 Å². The third-order valence-corrected chi connectivity index (χ3v) is 13.1. The normalized spacial score (nSPS) is 68.0. The van der Waals surface area contributed by atoms with Crippen LogP contribution in [0.15, 0.2) is 0 Å². The predicted molar refractivity (Wildman–Crippen MR) is 126 cm³/mol. The van der Waals surface area contributed by atoms with Crippen LogP contribution in [0.5, 0.6) is 0 Å². The molecule has 1 spiro atoms. The van der Waals surface area contributed by atoms with Crippen LogP contribution in [0.1, 0.15) is 72.1 Å². The standard InChI is InChI=1S/C27H43NO8/c1-14-4-7-18-22(3,31)26(34)17(12-28(18)11-14)24(33)13-25-16(23(24,32)10-20(26)30)6-5-15-21(25,2)9-8-19(29)27(15,35)36-25/h14-20,29-35H,4-13H2,1-3H3/t14-,15+,16-,17+,18+,19-,20-,21+,22+,23+,24-,25-,26+,27+/m1/s1. The number of rotatable bonds is 0. The van der Waals surface area contributed by atoms with Gasteiger partial charge in [-0.3, -0.25) is 4.90 Å². The van der Waals surface area contributed by atoms with E-state index in [1.54, 1.807) is 6.92 Å². The first-order valence-corrected chi connectivity index (χ1v) is 14.0. The Kier molecular flexibility index (Phi) is 4.57. The van der Waals surface area contributed by atoms with Crippen molar-refractivity contribution in [1.82, 2.24) is 4.90 Å². The van der Waals surface area contributed by atoms with E-state index in [-0.39, 0.29) is 31.3 Å². The first-order valence-electron chi connectivity index (χ1n) is 14.0. The lowest BCUT2D eigenvalue weighted by Gasteiger charge is -2.68. The fourth-order valence-corrected chi connectivity index (χ4v) is 11.3. The smallest absolute Gasteiger partial charge is 0.196 e. The summed E-state index contributed by atoms with van der Waals surface area (Å²) in [5.74, 6) is -3.30. The minimum atomic E-state index is -2.02. The molecule has 0 radical (unpaired) electrons. The van der Waals surface area contributed by atoms with E-state index in [9.17, 15) is 35.7 Å². The highest BCUT2D eigenvalue weighted by Crippen LogP contribution is 2.78. The van der Waals surface area contributed by atoms with Crippen molar-refractivity contribution in [3.8, 4) is 0 Å². The van der Waals surface area contributed by atoms with Gasteiger partial charge in [0.25, 0.3) is 0 Å². The Hall–Kier alpha value is -0.360. The van der Waals surface area contributed by atoms with Crippen LogP contribution in [0.25, 0.3) is 0 Å². The van der Waals surface area contributed by atoms with Gasteiger partial charge in [-0.2, -0.15) is 0 Å². The van der Waals surface area contributed by atoms with Gasteiger partial charge in [-0.1, -0.05) is 13.8 Å². The molecule has 7 N–H and O–H groups in total. The van der Waals surface area contributed by atoms with E-state index in [0.717, 1.165) is 6.42 Å². The number of hydrogen-bond acceptors (Lipinski definition) is 9. The Morgan fingerprint density at radius 3 is 2.19 bits per heavy atom. The maximum absolute atomic E-state index is 12.7. The van der Waals surface area contributed by atoms with Gasteiger partial charge >= 0.3 is 0 Å². The number of aliphatic hydroxyl groups is 7. The van der Waals surface area contributed by atoms with Crippen molar-refractivity contribution in [3.05, 3.63) is 0 Å². The molecule has 3 saturated heterocycles. The molecule has 4 bridgehead atoms. The maximum atomic E-state index is 12.7. The maximum Gasteiger partial charge on any atom is 0.196 e. The van der Waals surface area contributed by atoms with Gasteiger partial charge in [0.2, 0.25) is 0 Å². The summed E-state index contributed by atoms with van der Waals surface area (Å²) < 4.78 is 6.52. The average molecular weight is 510 g/mol. The van der Waals surface area contributed by atoms with Gasteiger partial charge in [-0.25, -0.2) is 0 Å². The molecule has 0 unspecified atom stereocenters. The number of nitrogens with zero attached hydrogens (tertiary/aromatic N) is 1. The van der Waals surface area contributed by atoms with Crippen LogP contribution in [0, 0.1) is 29.1 Å². The van der Waals surface area contributed by atoms with Gasteiger partial charge in [-0.05, 0) is 51.4 Å². The third kappa shape index (κ3) is 2.27. The Balaban J connectivity index is 1.39. The van der Waals surface area contributed by atoms with Crippen LogP contribution >= 0.6 is 0 Å². The Labute approximate surface area is 212 Å². The summed E-state index contributed by atoms with van der Waals surface area (Å²) in [4.78, 5) is 2.12. The van der Waals surface area contributed by atoms with Crippen LogP contribution in [0.2, 0.25) is 0 Å². The number of ether oxygens (including phenoxy) is 1. The lowest BCUT2D eigenvalue weighted by molar-refractivity contribution is -0.354. The quantitative estimate of drug-likeness (QED) is 0.228. The second-order valence-electron chi connectivity index (χ2n) is 14.3. The van der Waals surface area contributed by atoms with E-state index >= 15 is 0 Å². The Morgan fingerprint density at radius 2 is 1.47 bits per heavy atom. The third-order valence-electron chi connectivity index (χ3n) is 13.1. The molecule has 9 heteroatoms. The van der Waals surface area contributed by atoms with Gasteiger partial charge in [0.15, 0.2) is 5.79 Å². The number of aliphatic hydroxyl groups excluding tert-OH is 2. The molecule has 7 fully saturated rings. The number of piperidine rings is 2. The van der Waals surface area contributed by atoms with Crippen molar-refractivity contribution in [3.63, 3.8) is 0 Å². The molecule has 7 rings (SSSR count). The van der Waals surface area contributed by atoms with E-state index in [0.29, 0.717) is 44.6 Å². The molecule has 3 aliphatic heterocycles. The van der Waals surface area contributed by atoms with E-state index in [1.807, 2.05) is 6.92 Å². The topological polar surface area (TPSA) is 154 Å². The van der Waals surface area contributed by atoms with E-state index in [4.69, 9.17) is 4.74 Å². The highest BCUT2D eigenvalue weighted by atomic mass is 16.7. The van der Waals surface area contributed by atoms with Crippen LogP contribution in [0.4, 0.5) is 0 Å². The van der Waals surface area contributed by atoms with Crippen molar-refractivity contribution < 1.29 is 40.5 Å². The summed E-state index contributed by atoms with van der Waals surface area (Å²) in [6.45, 7) is 6.70. The van der Waals surface area contributed by atoms with Crippen LogP contribution < -0.4 is 0 Å². The van der Waals surface area contributed by atoms with E-state index < -0.39 is 63.3 Å². The zero-order valence-electron chi connectivity index (χ0n) is 21.6. The summed E-state index contributed by atoms with van der Waals surface area (Å²) >= 11 is 0. The lowest BCUT2D eigenvalue weighted by atomic mass is 9.49. The molecule has 7 aliphatic rings. The second-order valence-corrected chi connectivity index (χ2v) is 14.3. The molecular weight excluding hydrogens is 466 g/mol. The molecule has 14 atom stereocenters. The highest BCUT2D eigenvalue weighted by molar-refractivity contribution is 5.37. The van der Waals surface area contributed by atoms with Gasteiger partial charge in [0, 0.05) is 55.1 Å². The number of hydrogen-bond donors (Lipinski definition) is 7. The average Bonchev–Trinajstić information content (AvgIpc) is 2.97. The Morgan fingerprint density at radius 1 is 0.778 bits per heavy atom. The summed E-state index contributed by atoms with van der Waals surface area (Å²) in [7, 11) is 0. The minimum Gasteiger partial charge on any atom is -0.390 e. The largest absolute Gasteiger partial charge is 0.390 e. The van der Waals surface area contributed by atoms with Crippen LogP contribution in [-0.4, -0.2) is 106 Å². The molecule has 9 nitrogen and oxygen atoms in total. The minimum absolute atomic E-state index is 0.0208. The molecular formula is C27H43NO8. The molecule has 0 aromatic heterocycles. The molecule has 0 aromatic carbocycles. The number of fused-ring (bicyclic) bond motifs is 5. The molecule has 3 heterocycles. The van der Waals surface area contributed by atoms with Crippen molar-refractivity contribution in [2.24, 2.45) is 29.1 Å². The predicted octanol–water partition coefficient (Wildman–Crippen LogP) is -0.526. The zero-order chi connectivity index (χ0) is 25.9. The molecule has 4 saturated carbocycles. The van der Waals surface area contributed by atoms with Crippen molar-refractivity contribution >= 4 is 0 Å². The van der Waals surface area contributed by atoms with Gasteiger partial charge < -0.3 is 40.5 Å². The van der Waals surface area contributed by atoms with E-state index in [2.05, 4.69) is 11.8 Å². The first kappa shape index (κ1) is 24.7. The Bertz CT molecular complexity index is 995. The van der Waals surface area contributed by atoms with E-state index in [1.165, 1.54) is 0 Å². The lowest BCUT2D eigenvalue weighted by Crippen LogP contribution is -2.85. The summed E-state index contributed by atoms with van der Waals surface area (Å²) in [6, 6.07) is -0.360. The molecule has 0 amide bonds. The van der Waals surface area contributed by atoms with Crippen LogP contribution in [-0.2, 0) is 4.74 Å². The summed E-state index contributed by atoms with van der Waals surface area (Å²) in [5, 5.41) is 83.2. The molecule has 0 aromatic rings. The SMILES string of the molecule is C[C@@H]1CC[C@@H]2N(C1)C[C@@H]1[C@](O)([C@H](O)C[C@]3(O)[C@H]4CC[C@@H]5[C@]6(O)O[C@@]4(C[C@@]13O)[C@@]5(C)CC[C@H]6O)[C@@]2(C)O. The summed E-state index contributed by atoms with van der Waals surface area (Å²) in [5.41, 5.74) is -9.07. The monoisotopic (exact) mass is 509 g/mol. The molecule has 36 heavy (non-hydrogen) atoms. The highest BCUT2D eigenvalue weighted by Gasteiger charge is 2.88. The van der Waals surface area contributed by atoms with Gasteiger partial charge in [-0.15, -0.1) is 0 Å².